The van der Waals surface area contributed by atoms with E-state index in [-0.39, 0.29) is 44.1 Å². The Bertz CT molecular complexity index is 971. The molecular weight excluding hydrogens is 414 g/mol. The maximum Gasteiger partial charge on any atom is 0.365 e. The summed E-state index contributed by atoms with van der Waals surface area (Å²) in [5, 5.41) is 12.1. The van der Waals surface area contributed by atoms with Crippen LogP contribution in [0, 0.1) is 0 Å². The van der Waals surface area contributed by atoms with Crippen molar-refractivity contribution >= 4 is 29.0 Å². The zero-order valence-corrected chi connectivity index (χ0v) is 18.0. The first-order valence-electron chi connectivity index (χ1n) is 9.59. The van der Waals surface area contributed by atoms with E-state index in [4.69, 9.17) is 0 Å². The Morgan fingerprint density at radius 3 is 2.60 bits per heavy atom. The number of hydrogen-bond acceptors (Lipinski definition) is 6. The Balaban J connectivity index is 2.12. The van der Waals surface area contributed by atoms with E-state index in [1.165, 1.54) is 12.3 Å². The number of hydrogen-bond donors (Lipinski definition) is 2. The van der Waals surface area contributed by atoms with Crippen LogP contribution in [0.25, 0.3) is 10.4 Å². The van der Waals surface area contributed by atoms with E-state index in [1.807, 2.05) is 27.7 Å². The van der Waals surface area contributed by atoms with E-state index >= 15 is 0 Å². The third kappa shape index (κ3) is 4.58. The number of likely N-dealkylation sites (tertiary alicyclic amines) is 1. The second-order valence-corrected chi connectivity index (χ2v) is 9.32. The third-order valence-corrected chi connectivity index (χ3v) is 5.82. The Kier molecular flexibility index (Phi) is 6.07. The number of halogens is 2. The van der Waals surface area contributed by atoms with Crippen LogP contribution >= 0.6 is 11.3 Å². The number of amides is 1. The number of alkyl halides is 2. The molecule has 0 aromatic carbocycles. The average Bonchev–Trinajstić information content (AvgIpc) is 3.26. The largest absolute Gasteiger partial charge is 0.476 e. The molecule has 3 heterocycles. The molecule has 162 valence electrons. The number of nitrogens with one attached hydrogen (secondary N) is 1. The van der Waals surface area contributed by atoms with Crippen molar-refractivity contribution in [3.63, 3.8) is 0 Å². The van der Waals surface area contributed by atoms with Crippen LogP contribution in [0.4, 0.5) is 14.6 Å². The number of carboxylic acid groups (broad SMARTS) is 1. The number of anilines is 1. The fourth-order valence-corrected chi connectivity index (χ4v) is 4.33. The lowest BCUT2D eigenvalue weighted by Gasteiger charge is -2.23. The predicted octanol–water partition coefficient (Wildman–Crippen LogP) is 4.68. The Morgan fingerprint density at radius 1 is 1.37 bits per heavy atom. The summed E-state index contributed by atoms with van der Waals surface area (Å²) in [7, 11) is 0. The van der Waals surface area contributed by atoms with Gasteiger partial charge < -0.3 is 15.3 Å². The van der Waals surface area contributed by atoms with Crippen LogP contribution in [0.3, 0.4) is 0 Å². The molecule has 0 spiro atoms. The minimum Gasteiger partial charge on any atom is -0.476 e. The molecule has 1 aliphatic heterocycles. The number of nitrogens with zero attached hydrogens (tertiary/aromatic N) is 3. The molecule has 0 saturated carbocycles. The van der Waals surface area contributed by atoms with Crippen LogP contribution < -0.4 is 5.32 Å². The first-order chi connectivity index (χ1) is 14.0. The van der Waals surface area contributed by atoms with Gasteiger partial charge in [-0.15, -0.1) is 11.3 Å². The molecule has 1 unspecified atom stereocenters. The molecule has 0 bridgehead atoms. The summed E-state index contributed by atoms with van der Waals surface area (Å²) in [6.45, 7) is 8.05. The molecular formula is C20H24F2N4O3S. The lowest BCUT2D eigenvalue weighted by molar-refractivity contribution is 0.0696. The smallest absolute Gasteiger partial charge is 0.365 e. The number of aromatic carboxylic acids is 1. The monoisotopic (exact) mass is 438 g/mol. The average molecular weight is 439 g/mol. The van der Waals surface area contributed by atoms with E-state index in [9.17, 15) is 23.5 Å². The quantitative estimate of drug-likeness (QED) is 0.704. The van der Waals surface area contributed by atoms with Gasteiger partial charge in [-0.3, -0.25) is 4.79 Å². The molecule has 2 aromatic rings. The SMILES string of the molecule is CC1CCCN1C(=O)c1nc(C(=O)O)sc1-c1cnc(NC(C)(C)C)cc1C(F)F. The zero-order chi connectivity index (χ0) is 22.2. The molecule has 2 aromatic heterocycles. The molecule has 10 heteroatoms. The van der Waals surface area contributed by atoms with Crippen LogP contribution in [0.15, 0.2) is 12.3 Å². The van der Waals surface area contributed by atoms with Gasteiger partial charge in [0.25, 0.3) is 12.3 Å². The fraction of sp³-hybridized carbons (Fsp3) is 0.500. The van der Waals surface area contributed by atoms with Crippen molar-refractivity contribution in [2.45, 2.75) is 58.5 Å². The summed E-state index contributed by atoms with van der Waals surface area (Å²) < 4.78 is 27.8. The second-order valence-electron chi connectivity index (χ2n) is 8.32. The van der Waals surface area contributed by atoms with Crippen molar-refractivity contribution in [1.29, 1.82) is 0 Å². The first kappa shape index (κ1) is 22.1. The molecule has 0 aliphatic carbocycles. The van der Waals surface area contributed by atoms with E-state index < -0.39 is 18.3 Å². The molecule has 30 heavy (non-hydrogen) atoms. The fourth-order valence-electron chi connectivity index (χ4n) is 3.40. The van der Waals surface area contributed by atoms with E-state index in [0.717, 1.165) is 12.8 Å². The van der Waals surface area contributed by atoms with Crippen molar-refractivity contribution < 1.29 is 23.5 Å². The highest BCUT2D eigenvalue weighted by Gasteiger charge is 2.32. The standard InChI is InChI=1S/C20H24F2N4O3S/c1-10-6-5-7-26(10)18(27)14-15(30-17(24-14)19(28)29)12-9-23-13(25-20(2,3)4)8-11(12)16(21)22/h8-10,16H,5-7H2,1-4H3,(H,23,25)(H,28,29). The van der Waals surface area contributed by atoms with Crippen LogP contribution in [0.1, 0.15) is 72.8 Å². The lowest BCUT2D eigenvalue weighted by atomic mass is 10.1. The van der Waals surface area contributed by atoms with Crippen LogP contribution in [0.5, 0.6) is 0 Å². The highest BCUT2D eigenvalue weighted by molar-refractivity contribution is 7.17. The summed E-state index contributed by atoms with van der Waals surface area (Å²) in [5.41, 5.74) is -0.820. The van der Waals surface area contributed by atoms with Crippen molar-refractivity contribution in [1.82, 2.24) is 14.9 Å². The summed E-state index contributed by atoms with van der Waals surface area (Å²) in [5.74, 6) is -1.49. The van der Waals surface area contributed by atoms with Crippen molar-refractivity contribution in [2.24, 2.45) is 0 Å². The number of carboxylic acids is 1. The van der Waals surface area contributed by atoms with Crippen LogP contribution in [0.2, 0.25) is 0 Å². The molecule has 3 rings (SSSR count). The van der Waals surface area contributed by atoms with Gasteiger partial charge in [0.05, 0.1) is 4.88 Å². The second kappa shape index (κ2) is 8.25. The Morgan fingerprint density at radius 2 is 2.07 bits per heavy atom. The van der Waals surface area contributed by atoms with Gasteiger partial charge in [0.2, 0.25) is 5.01 Å². The number of rotatable bonds is 5. The summed E-state index contributed by atoms with van der Waals surface area (Å²) in [6, 6.07) is 1.21. The topological polar surface area (TPSA) is 95.4 Å². The molecule has 7 nitrogen and oxygen atoms in total. The lowest BCUT2D eigenvalue weighted by Crippen LogP contribution is -2.34. The molecule has 2 N–H and O–H groups in total. The number of carbonyl (C=O) groups is 2. The maximum absolute atomic E-state index is 13.9. The van der Waals surface area contributed by atoms with Gasteiger partial charge in [0, 0.05) is 35.4 Å². The van der Waals surface area contributed by atoms with Crippen LogP contribution in [-0.2, 0) is 0 Å². The molecule has 1 amide bonds. The molecule has 0 radical (unpaired) electrons. The van der Waals surface area contributed by atoms with Gasteiger partial charge in [-0.05, 0) is 46.6 Å². The summed E-state index contributed by atoms with van der Waals surface area (Å²) in [6.07, 6.45) is 0.0646. The van der Waals surface area contributed by atoms with Crippen molar-refractivity contribution in [3.05, 3.63) is 28.5 Å². The van der Waals surface area contributed by atoms with Gasteiger partial charge in [-0.25, -0.2) is 23.5 Å². The predicted molar refractivity (Wildman–Crippen MR) is 110 cm³/mol. The minimum atomic E-state index is -2.84. The van der Waals surface area contributed by atoms with E-state index in [1.54, 1.807) is 4.90 Å². The number of aromatic nitrogens is 2. The maximum atomic E-state index is 13.9. The van der Waals surface area contributed by atoms with Gasteiger partial charge in [-0.1, -0.05) is 0 Å². The molecule has 1 fully saturated rings. The van der Waals surface area contributed by atoms with E-state index in [0.29, 0.717) is 17.9 Å². The molecule has 1 aliphatic rings. The van der Waals surface area contributed by atoms with Gasteiger partial charge in [0.1, 0.15) is 11.5 Å². The number of pyridine rings is 1. The normalized spacial score (nSPS) is 16.9. The van der Waals surface area contributed by atoms with Gasteiger partial charge in [-0.2, -0.15) is 0 Å². The summed E-state index contributed by atoms with van der Waals surface area (Å²) in [4.78, 5) is 34.5. The van der Waals surface area contributed by atoms with Crippen LogP contribution in [-0.4, -0.2) is 50.0 Å². The number of thiazole rings is 1. The first-order valence-corrected chi connectivity index (χ1v) is 10.4. The third-order valence-electron chi connectivity index (χ3n) is 4.75. The highest BCUT2D eigenvalue weighted by atomic mass is 32.1. The van der Waals surface area contributed by atoms with E-state index in [2.05, 4.69) is 15.3 Å². The van der Waals surface area contributed by atoms with Gasteiger partial charge >= 0.3 is 5.97 Å². The number of carbonyl (C=O) groups excluding carboxylic acids is 1. The summed E-state index contributed by atoms with van der Waals surface area (Å²) >= 11 is 0.708. The Hall–Kier alpha value is -2.62. The van der Waals surface area contributed by atoms with Gasteiger partial charge in [0.15, 0.2) is 0 Å². The minimum absolute atomic E-state index is 0.0182. The highest BCUT2D eigenvalue weighted by Crippen LogP contribution is 2.39. The molecule has 1 saturated heterocycles. The van der Waals surface area contributed by atoms with Crippen molar-refractivity contribution in [3.8, 4) is 10.4 Å². The van der Waals surface area contributed by atoms with Crippen molar-refractivity contribution in [2.75, 3.05) is 11.9 Å². The zero-order valence-electron chi connectivity index (χ0n) is 17.2. The molecule has 1 atom stereocenters. The Labute approximate surface area is 177 Å².